The first-order valence-electron chi connectivity index (χ1n) is 15.9. The zero-order valence-electron chi connectivity index (χ0n) is 23.9. The highest BCUT2D eigenvalue weighted by Crippen LogP contribution is 2.14. The summed E-state index contributed by atoms with van der Waals surface area (Å²) in [6.07, 6.45) is 38.5. The van der Waals surface area contributed by atoms with E-state index in [-0.39, 0.29) is 0 Å². The van der Waals surface area contributed by atoms with Gasteiger partial charge in [0.25, 0.3) is 5.82 Å². The van der Waals surface area contributed by atoms with Gasteiger partial charge in [0.15, 0.2) is 0 Å². The fourth-order valence-electron chi connectivity index (χ4n) is 5.26. The molecule has 0 unspecified atom stereocenters. The van der Waals surface area contributed by atoms with Gasteiger partial charge < -0.3 is 0 Å². The fraction of sp³-hybridized carbons (Fsp3) is 0.906. The van der Waals surface area contributed by atoms with E-state index in [2.05, 4.69) is 42.3 Å². The van der Waals surface area contributed by atoms with E-state index < -0.39 is 0 Å². The second-order valence-corrected chi connectivity index (χ2v) is 10.9. The van der Waals surface area contributed by atoms with Crippen molar-refractivity contribution in [3.63, 3.8) is 0 Å². The summed E-state index contributed by atoms with van der Waals surface area (Å²) in [5.41, 5.74) is 0. The molecule has 2 nitrogen and oxygen atoms in total. The molecule has 0 saturated heterocycles. The molecule has 200 valence electrons. The number of hydrogen-bond acceptors (Lipinski definition) is 0. The van der Waals surface area contributed by atoms with Gasteiger partial charge in [0.2, 0.25) is 0 Å². The largest absolute Gasteiger partial charge is 0.256 e. The summed E-state index contributed by atoms with van der Waals surface area (Å²) in [5.74, 6) is 1.60. The molecule has 0 fully saturated rings. The Labute approximate surface area is 215 Å². The van der Waals surface area contributed by atoms with Crippen molar-refractivity contribution in [1.29, 1.82) is 0 Å². The maximum absolute atomic E-state index is 2.59. The average molecular weight is 476 g/mol. The van der Waals surface area contributed by atoms with Crippen molar-refractivity contribution in [3.8, 4) is 0 Å². The van der Waals surface area contributed by atoms with Crippen LogP contribution in [0.5, 0.6) is 0 Å². The van der Waals surface area contributed by atoms with Crippen LogP contribution >= 0.6 is 0 Å². The molecule has 0 atom stereocenters. The number of rotatable bonds is 26. The Bertz CT molecular complexity index is 533. The molecule has 2 heteroatoms. The van der Waals surface area contributed by atoms with Gasteiger partial charge in [0.1, 0.15) is 12.4 Å². The van der Waals surface area contributed by atoms with Crippen LogP contribution in [0.2, 0.25) is 0 Å². The maximum Gasteiger partial charge on any atom is 0.256 e. The van der Waals surface area contributed by atoms with Crippen LogP contribution in [0.4, 0.5) is 0 Å². The van der Waals surface area contributed by atoms with E-state index in [0.29, 0.717) is 0 Å². The van der Waals surface area contributed by atoms with Gasteiger partial charge in [-0.25, -0.2) is 9.13 Å². The molecule has 1 aromatic heterocycles. The molecule has 1 aromatic rings. The average Bonchev–Trinajstić information content (AvgIpc) is 3.23. The summed E-state index contributed by atoms with van der Waals surface area (Å²) < 4.78 is 5.18. The Hall–Kier alpha value is -0.790. The third-order valence-corrected chi connectivity index (χ3v) is 7.60. The van der Waals surface area contributed by atoms with Crippen molar-refractivity contribution >= 4 is 0 Å². The van der Waals surface area contributed by atoms with Crippen molar-refractivity contribution in [1.82, 2.24) is 4.57 Å². The molecular formula is C32H63N2+. The summed E-state index contributed by atoms with van der Waals surface area (Å²) in [6.45, 7) is 9.38. The molecular weight excluding hydrogens is 412 g/mol. The summed E-state index contributed by atoms with van der Waals surface area (Å²) in [5, 5.41) is 0. The van der Waals surface area contributed by atoms with Crippen molar-refractivity contribution in [3.05, 3.63) is 18.2 Å². The van der Waals surface area contributed by atoms with Crippen LogP contribution in [-0.2, 0) is 19.5 Å². The smallest absolute Gasteiger partial charge is 0.234 e. The van der Waals surface area contributed by atoms with Crippen molar-refractivity contribution in [2.75, 3.05) is 0 Å². The zero-order chi connectivity index (χ0) is 24.5. The van der Waals surface area contributed by atoms with E-state index in [1.54, 1.807) is 5.82 Å². The van der Waals surface area contributed by atoms with E-state index in [0.717, 1.165) is 0 Å². The van der Waals surface area contributed by atoms with Gasteiger partial charge in [0, 0.05) is 6.42 Å². The van der Waals surface area contributed by atoms with Crippen molar-refractivity contribution in [2.24, 2.45) is 0 Å². The van der Waals surface area contributed by atoms with E-state index in [9.17, 15) is 0 Å². The Kier molecular flexibility index (Phi) is 22.0. The zero-order valence-corrected chi connectivity index (χ0v) is 23.9. The minimum absolute atomic E-state index is 1.22. The van der Waals surface area contributed by atoms with Gasteiger partial charge in [-0.1, -0.05) is 136 Å². The molecule has 34 heavy (non-hydrogen) atoms. The lowest BCUT2D eigenvalue weighted by molar-refractivity contribution is -0.704. The predicted molar refractivity (Wildman–Crippen MR) is 152 cm³/mol. The van der Waals surface area contributed by atoms with Crippen LogP contribution in [-0.4, -0.2) is 4.57 Å². The fourth-order valence-corrected chi connectivity index (χ4v) is 5.26. The summed E-state index contributed by atoms with van der Waals surface area (Å²) in [7, 11) is 0. The second-order valence-electron chi connectivity index (χ2n) is 10.9. The molecule has 0 aliphatic heterocycles. The molecule has 0 saturated carbocycles. The first-order valence-corrected chi connectivity index (χ1v) is 15.9. The van der Waals surface area contributed by atoms with Crippen LogP contribution in [0.1, 0.15) is 174 Å². The quantitative estimate of drug-likeness (QED) is 0.0930. The highest BCUT2D eigenvalue weighted by atomic mass is 15.1. The normalized spacial score (nSPS) is 11.5. The standard InChI is InChI=1S/C32H63N2/c1-4-7-10-12-14-15-16-17-18-19-21-23-26-29-34-31-30-33(32(34)27-24-9-6-3)28-25-22-20-13-11-8-5-2/h30-31H,4-29H2,1-3H3/q+1. The van der Waals surface area contributed by atoms with E-state index in [4.69, 9.17) is 0 Å². The molecule has 1 heterocycles. The number of nitrogens with zero attached hydrogens (tertiary/aromatic N) is 2. The second kappa shape index (κ2) is 23.9. The molecule has 0 spiro atoms. The van der Waals surface area contributed by atoms with Crippen LogP contribution in [0.3, 0.4) is 0 Å². The van der Waals surface area contributed by atoms with Gasteiger partial charge in [-0.15, -0.1) is 0 Å². The number of aromatic nitrogens is 2. The Balaban J connectivity index is 2.19. The molecule has 0 N–H and O–H groups in total. The number of imidazole rings is 1. The first-order chi connectivity index (χ1) is 16.8. The minimum Gasteiger partial charge on any atom is -0.234 e. The van der Waals surface area contributed by atoms with Gasteiger partial charge in [-0.05, 0) is 32.1 Å². The van der Waals surface area contributed by atoms with Crippen LogP contribution in [0.15, 0.2) is 12.4 Å². The van der Waals surface area contributed by atoms with E-state index in [1.807, 2.05) is 0 Å². The van der Waals surface area contributed by atoms with E-state index >= 15 is 0 Å². The molecule has 0 aromatic carbocycles. The Morgan fingerprint density at radius 1 is 0.500 bits per heavy atom. The molecule has 1 rings (SSSR count). The Morgan fingerprint density at radius 2 is 0.912 bits per heavy atom. The van der Waals surface area contributed by atoms with Crippen LogP contribution < -0.4 is 4.57 Å². The van der Waals surface area contributed by atoms with Gasteiger partial charge >= 0.3 is 0 Å². The minimum atomic E-state index is 1.22. The third kappa shape index (κ3) is 16.8. The number of hydrogen-bond donors (Lipinski definition) is 0. The predicted octanol–water partition coefficient (Wildman–Crippen LogP) is 10.4. The van der Waals surface area contributed by atoms with Gasteiger partial charge in [0.05, 0.1) is 13.1 Å². The summed E-state index contributed by atoms with van der Waals surface area (Å²) in [6, 6.07) is 0. The summed E-state index contributed by atoms with van der Waals surface area (Å²) in [4.78, 5) is 0. The number of unbranched alkanes of at least 4 members (excludes halogenated alkanes) is 20. The van der Waals surface area contributed by atoms with E-state index in [1.165, 1.54) is 167 Å². The first kappa shape index (κ1) is 31.2. The maximum atomic E-state index is 2.59. The molecule has 0 radical (unpaired) electrons. The lowest BCUT2D eigenvalue weighted by Crippen LogP contribution is -2.37. The highest BCUT2D eigenvalue weighted by Gasteiger charge is 2.16. The van der Waals surface area contributed by atoms with Crippen LogP contribution in [0.25, 0.3) is 0 Å². The third-order valence-electron chi connectivity index (χ3n) is 7.60. The van der Waals surface area contributed by atoms with Crippen molar-refractivity contribution in [2.45, 2.75) is 188 Å². The summed E-state index contributed by atoms with van der Waals surface area (Å²) >= 11 is 0. The SMILES string of the molecule is CCCCCCCCCCCCCCCn1cc[n+](CCCCCCCCC)c1CCCCC. The monoisotopic (exact) mass is 475 g/mol. The lowest BCUT2D eigenvalue weighted by atomic mass is 10.0. The molecule has 0 aliphatic rings. The van der Waals surface area contributed by atoms with Crippen LogP contribution in [0, 0.1) is 0 Å². The molecule has 0 amide bonds. The van der Waals surface area contributed by atoms with Gasteiger partial charge in [-0.3, -0.25) is 0 Å². The lowest BCUT2D eigenvalue weighted by Gasteiger charge is -2.06. The molecule has 0 aliphatic carbocycles. The van der Waals surface area contributed by atoms with Gasteiger partial charge in [-0.2, -0.15) is 0 Å². The highest BCUT2D eigenvalue weighted by molar-refractivity contribution is 4.84. The Morgan fingerprint density at radius 3 is 1.41 bits per heavy atom. The molecule has 0 bridgehead atoms. The topological polar surface area (TPSA) is 8.81 Å². The number of aryl methyl sites for hydroxylation is 2. The van der Waals surface area contributed by atoms with Crippen molar-refractivity contribution < 1.29 is 4.57 Å².